The van der Waals surface area contributed by atoms with Crippen LogP contribution in [0.3, 0.4) is 0 Å². The number of pyridine rings is 1. The van der Waals surface area contributed by atoms with E-state index in [2.05, 4.69) is 21.3 Å². The number of alkyl halides is 3. The van der Waals surface area contributed by atoms with Crippen molar-refractivity contribution in [1.29, 1.82) is 0 Å². The molecule has 0 saturated carbocycles. The summed E-state index contributed by atoms with van der Waals surface area (Å²) in [7, 11) is 0. The molecular formula is C19H22F3N3. The fourth-order valence-electron chi connectivity index (χ4n) is 3.12. The van der Waals surface area contributed by atoms with Crippen molar-refractivity contribution in [2.45, 2.75) is 38.1 Å². The van der Waals surface area contributed by atoms with Crippen molar-refractivity contribution < 1.29 is 13.2 Å². The lowest BCUT2D eigenvalue weighted by Gasteiger charge is -2.32. The predicted octanol–water partition coefficient (Wildman–Crippen LogP) is 3.85. The van der Waals surface area contributed by atoms with Crippen LogP contribution < -0.4 is 5.32 Å². The minimum absolute atomic E-state index is 0.410. The van der Waals surface area contributed by atoms with Gasteiger partial charge >= 0.3 is 6.18 Å². The minimum atomic E-state index is -4.27. The smallest absolute Gasteiger partial charge is 0.310 e. The second kappa shape index (κ2) is 7.97. The lowest BCUT2D eigenvalue weighted by Crippen LogP contribution is -2.41. The fraction of sp³-hybridized carbons (Fsp3) is 0.421. The van der Waals surface area contributed by atoms with Gasteiger partial charge in [-0.2, -0.15) is 13.2 Å². The Hall–Kier alpha value is -1.92. The summed E-state index contributed by atoms with van der Waals surface area (Å²) in [6.45, 7) is 3.55. The van der Waals surface area contributed by atoms with Crippen LogP contribution in [0.4, 0.5) is 13.2 Å². The van der Waals surface area contributed by atoms with E-state index < -0.39 is 11.7 Å². The zero-order valence-electron chi connectivity index (χ0n) is 14.0. The first-order valence-electron chi connectivity index (χ1n) is 8.51. The highest BCUT2D eigenvalue weighted by atomic mass is 19.4. The average Bonchev–Trinajstić information content (AvgIpc) is 2.62. The first-order valence-corrected chi connectivity index (χ1v) is 8.51. The van der Waals surface area contributed by atoms with Gasteiger partial charge in [-0.1, -0.05) is 18.2 Å². The molecule has 1 aromatic heterocycles. The van der Waals surface area contributed by atoms with E-state index in [9.17, 15) is 13.2 Å². The Morgan fingerprint density at radius 2 is 1.76 bits per heavy atom. The van der Waals surface area contributed by atoms with Gasteiger partial charge in [0.2, 0.25) is 0 Å². The van der Waals surface area contributed by atoms with Crippen molar-refractivity contribution in [3.63, 3.8) is 0 Å². The van der Waals surface area contributed by atoms with E-state index in [1.807, 2.05) is 12.3 Å². The number of nitrogens with one attached hydrogen (secondary N) is 1. The molecule has 0 unspecified atom stereocenters. The van der Waals surface area contributed by atoms with Gasteiger partial charge < -0.3 is 5.32 Å². The first kappa shape index (κ1) is 17.9. The normalized spacial score (nSPS) is 16.9. The summed E-state index contributed by atoms with van der Waals surface area (Å²) in [4.78, 5) is 6.55. The number of hydrogen-bond donors (Lipinski definition) is 1. The average molecular weight is 349 g/mol. The van der Waals surface area contributed by atoms with Crippen LogP contribution in [-0.2, 0) is 19.3 Å². The van der Waals surface area contributed by atoms with Gasteiger partial charge in [0.25, 0.3) is 0 Å². The molecule has 1 aliphatic rings. The van der Waals surface area contributed by atoms with Gasteiger partial charge in [-0.3, -0.25) is 9.88 Å². The van der Waals surface area contributed by atoms with Crippen LogP contribution in [0.2, 0.25) is 0 Å². The van der Waals surface area contributed by atoms with E-state index in [0.717, 1.165) is 50.2 Å². The molecule has 134 valence electrons. The summed E-state index contributed by atoms with van der Waals surface area (Å²) in [6.07, 6.45) is 1.49. The fourth-order valence-corrected chi connectivity index (χ4v) is 3.12. The van der Waals surface area contributed by atoms with Crippen molar-refractivity contribution in [2.75, 3.05) is 13.1 Å². The third-order valence-electron chi connectivity index (χ3n) is 4.59. The molecule has 3 rings (SSSR count). The van der Waals surface area contributed by atoms with Crippen LogP contribution in [0, 0.1) is 0 Å². The van der Waals surface area contributed by atoms with Crippen molar-refractivity contribution >= 4 is 0 Å². The molecule has 0 amide bonds. The van der Waals surface area contributed by atoms with E-state index in [-0.39, 0.29) is 0 Å². The molecular weight excluding hydrogens is 327 g/mol. The quantitative estimate of drug-likeness (QED) is 0.889. The maximum atomic E-state index is 12.6. The zero-order valence-corrected chi connectivity index (χ0v) is 14.0. The standard InChI is InChI=1S/C19H22F3N3/c20-19(21,22)17-5-3-15(4-6-17)13-24-18-7-10-25(11-8-18)14-16-2-1-9-23-12-16/h1-6,9,12,18,24H,7-8,10-11,13-14H2. The molecule has 2 heterocycles. The maximum absolute atomic E-state index is 12.6. The molecule has 1 aromatic carbocycles. The number of hydrogen-bond acceptors (Lipinski definition) is 3. The predicted molar refractivity (Wildman–Crippen MR) is 90.8 cm³/mol. The Morgan fingerprint density at radius 1 is 1.04 bits per heavy atom. The monoisotopic (exact) mass is 349 g/mol. The number of piperidine rings is 1. The molecule has 3 nitrogen and oxygen atoms in total. The Morgan fingerprint density at radius 3 is 2.36 bits per heavy atom. The van der Waals surface area contributed by atoms with Gasteiger partial charge in [0, 0.05) is 31.5 Å². The Balaban J connectivity index is 1.42. The molecule has 0 spiro atoms. The summed E-state index contributed by atoms with van der Waals surface area (Å²) in [5.41, 5.74) is 1.50. The second-order valence-corrected chi connectivity index (χ2v) is 6.49. The largest absolute Gasteiger partial charge is 0.416 e. The first-order chi connectivity index (χ1) is 12.0. The van der Waals surface area contributed by atoms with Crippen molar-refractivity contribution in [1.82, 2.24) is 15.2 Å². The Bertz CT molecular complexity index is 648. The van der Waals surface area contributed by atoms with Gasteiger partial charge in [-0.15, -0.1) is 0 Å². The minimum Gasteiger partial charge on any atom is -0.310 e. The molecule has 1 N–H and O–H groups in total. The Kier molecular flexibility index (Phi) is 5.71. The van der Waals surface area contributed by atoms with Crippen molar-refractivity contribution in [2.24, 2.45) is 0 Å². The number of aromatic nitrogens is 1. The van der Waals surface area contributed by atoms with Crippen LogP contribution in [0.5, 0.6) is 0 Å². The summed E-state index contributed by atoms with van der Waals surface area (Å²) in [5, 5.41) is 3.46. The number of halogens is 3. The van der Waals surface area contributed by atoms with Gasteiger partial charge in [-0.25, -0.2) is 0 Å². The van der Waals surface area contributed by atoms with E-state index in [4.69, 9.17) is 0 Å². The molecule has 1 saturated heterocycles. The number of likely N-dealkylation sites (tertiary alicyclic amines) is 1. The van der Waals surface area contributed by atoms with Crippen LogP contribution >= 0.6 is 0 Å². The molecule has 6 heteroatoms. The topological polar surface area (TPSA) is 28.2 Å². The molecule has 2 aromatic rings. The third-order valence-corrected chi connectivity index (χ3v) is 4.59. The lowest BCUT2D eigenvalue weighted by atomic mass is 10.0. The molecule has 0 radical (unpaired) electrons. The third kappa shape index (κ3) is 5.28. The highest BCUT2D eigenvalue weighted by molar-refractivity contribution is 5.24. The lowest BCUT2D eigenvalue weighted by molar-refractivity contribution is -0.137. The van der Waals surface area contributed by atoms with E-state index in [1.165, 1.54) is 5.56 Å². The molecule has 1 aliphatic heterocycles. The summed E-state index contributed by atoms with van der Waals surface area (Å²) in [6, 6.07) is 9.84. The maximum Gasteiger partial charge on any atom is 0.416 e. The van der Waals surface area contributed by atoms with Gasteiger partial charge in [0.1, 0.15) is 0 Å². The summed E-state index contributed by atoms with van der Waals surface area (Å²) >= 11 is 0. The SMILES string of the molecule is FC(F)(F)c1ccc(CNC2CCN(Cc3cccnc3)CC2)cc1. The van der Waals surface area contributed by atoms with Gasteiger partial charge in [0.05, 0.1) is 5.56 Å². The van der Waals surface area contributed by atoms with Crippen molar-refractivity contribution in [3.8, 4) is 0 Å². The molecule has 0 aliphatic carbocycles. The van der Waals surface area contributed by atoms with Gasteiger partial charge in [-0.05, 0) is 55.3 Å². The zero-order chi connectivity index (χ0) is 17.7. The second-order valence-electron chi connectivity index (χ2n) is 6.49. The number of benzene rings is 1. The molecule has 25 heavy (non-hydrogen) atoms. The van der Waals surface area contributed by atoms with Gasteiger partial charge in [0.15, 0.2) is 0 Å². The number of nitrogens with zero attached hydrogens (tertiary/aromatic N) is 2. The number of rotatable bonds is 5. The molecule has 0 atom stereocenters. The van der Waals surface area contributed by atoms with Crippen LogP contribution in [0.15, 0.2) is 48.8 Å². The highest BCUT2D eigenvalue weighted by Gasteiger charge is 2.29. The van der Waals surface area contributed by atoms with E-state index >= 15 is 0 Å². The van der Waals surface area contributed by atoms with E-state index in [1.54, 1.807) is 18.3 Å². The Labute approximate surface area is 145 Å². The van der Waals surface area contributed by atoms with Crippen LogP contribution in [0.1, 0.15) is 29.5 Å². The van der Waals surface area contributed by atoms with Crippen LogP contribution in [0.25, 0.3) is 0 Å². The summed E-state index contributed by atoms with van der Waals surface area (Å²) < 4.78 is 37.7. The van der Waals surface area contributed by atoms with E-state index in [0.29, 0.717) is 12.6 Å². The van der Waals surface area contributed by atoms with Crippen LogP contribution in [-0.4, -0.2) is 29.0 Å². The highest BCUT2D eigenvalue weighted by Crippen LogP contribution is 2.29. The molecule has 1 fully saturated rings. The molecule has 0 bridgehead atoms. The van der Waals surface area contributed by atoms with Crippen molar-refractivity contribution in [3.05, 3.63) is 65.5 Å². The summed E-state index contributed by atoms with van der Waals surface area (Å²) in [5.74, 6) is 0.